The summed E-state index contributed by atoms with van der Waals surface area (Å²) in [6.45, 7) is 0. The lowest BCUT2D eigenvalue weighted by atomic mass is 9.82. The van der Waals surface area contributed by atoms with Crippen LogP contribution >= 0.6 is 0 Å². The summed E-state index contributed by atoms with van der Waals surface area (Å²) < 4.78 is 0. The highest BCUT2D eigenvalue weighted by molar-refractivity contribution is 5.55. The molecule has 18 heavy (non-hydrogen) atoms. The van der Waals surface area contributed by atoms with Crippen LogP contribution in [0.4, 0.5) is 5.69 Å². The zero-order valence-corrected chi connectivity index (χ0v) is 11.0. The number of anilines is 1. The molecule has 3 rings (SSSR count). The molecule has 2 N–H and O–H groups in total. The summed E-state index contributed by atoms with van der Waals surface area (Å²) in [7, 11) is 2.27. The van der Waals surface area contributed by atoms with Crippen molar-refractivity contribution in [3.05, 3.63) is 24.3 Å². The molecule has 3 atom stereocenters. The monoisotopic (exact) mass is 246 g/mol. The Kier molecular flexibility index (Phi) is 3.16. The average molecular weight is 246 g/mol. The van der Waals surface area contributed by atoms with E-state index in [-0.39, 0.29) is 0 Å². The van der Waals surface area contributed by atoms with Crippen molar-refractivity contribution in [2.75, 3.05) is 12.4 Å². The van der Waals surface area contributed by atoms with E-state index in [1.807, 2.05) is 18.2 Å². The van der Waals surface area contributed by atoms with Gasteiger partial charge < -0.3 is 15.3 Å². The van der Waals surface area contributed by atoms with E-state index >= 15 is 0 Å². The Labute approximate surface area is 109 Å². The maximum absolute atomic E-state index is 9.82. The Balaban J connectivity index is 1.70. The first-order valence-corrected chi connectivity index (χ1v) is 7.00. The van der Waals surface area contributed by atoms with Crippen LogP contribution in [0.25, 0.3) is 0 Å². The van der Waals surface area contributed by atoms with Crippen LogP contribution in [-0.2, 0) is 0 Å². The molecule has 2 heterocycles. The predicted molar refractivity (Wildman–Crippen MR) is 73.9 cm³/mol. The Morgan fingerprint density at radius 1 is 1.17 bits per heavy atom. The number of benzene rings is 1. The normalized spacial score (nSPS) is 32.2. The van der Waals surface area contributed by atoms with Gasteiger partial charge in [-0.15, -0.1) is 0 Å². The Hall–Kier alpha value is -1.22. The van der Waals surface area contributed by atoms with Gasteiger partial charge in [-0.05, 0) is 44.9 Å². The van der Waals surface area contributed by atoms with Crippen LogP contribution in [0.15, 0.2) is 24.3 Å². The summed E-state index contributed by atoms with van der Waals surface area (Å²) in [5, 5.41) is 13.3. The number of piperidine rings is 2. The van der Waals surface area contributed by atoms with Crippen LogP contribution < -0.4 is 5.32 Å². The van der Waals surface area contributed by atoms with Crippen molar-refractivity contribution in [2.24, 2.45) is 0 Å². The second kappa shape index (κ2) is 4.81. The third kappa shape index (κ3) is 2.19. The number of nitrogens with one attached hydrogen (secondary N) is 1. The largest absolute Gasteiger partial charge is 0.506 e. The van der Waals surface area contributed by atoms with Crippen LogP contribution in [0.2, 0.25) is 0 Å². The topological polar surface area (TPSA) is 35.5 Å². The van der Waals surface area contributed by atoms with Crippen molar-refractivity contribution in [2.45, 2.75) is 50.2 Å². The molecule has 2 unspecified atom stereocenters. The number of nitrogens with zero attached hydrogens (tertiary/aromatic N) is 1. The molecule has 0 aromatic heterocycles. The molecule has 2 aliphatic heterocycles. The molecule has 2 fully saturated rings. The minimum atomic E-state index is 0.363. The maximum Gasteiger partial charge on any atom is 0.138 e. The van der Waals surface area contributed by atoms with Crippen LogP contribution in [0.1, 0.15) is 32.1 Å². The molecule has 0 radical (unpaired) electrons. The third-order valence-corrected chi connectivity index (χ3v) is 4.60. The molecule has 1 aromatic carbocycles. The fourth-order valence-electron chi connectivity index (χ4n) is 3.55. The maximum atomic E-state index is 9.82. The highest BCUT2D eigenvalue weighted by Gasteiger charge is 2.35. The number of phenols is 1. The van der Waals surface area contributed by atoms with Crippen molar-refractivity contribution < 1.29 is 5.11 Å². The number of rotatable bonds is 2. The minimum Gasteiger partial charge on any atom is -0.506 e. The lowest BCUT2D eigenvalue weighted by molar-refractivity contribution is 0.0608. The van der Waals surface area contributed by atoms with Crippen molar-refractivity contribution in [1.29, 1.82) is 0 Å². The third-order valence-electron chi connectivity index (χ3n) is 4.60. The average Bonchev–Trinajstić information content (AvgIpc) is 2.33. The highest BCUT2D eigenvalue weighted by atomic mass is 16.3. The van der Waals surface area contributed by atoms with Gasteiger partial charge in [0.25, 0.3) is 0 Å². The van der Waals surface area contributed by atoms with Gasteiger partial charge in [-0.2, -0.15) is 0 Å². The zero-order chi connectivity index (χ0) is 12.5. The van der Waals surface area contributed by atoms with Crippen molar-refractivity contribution in [1.82, 2.24) is 4.90 Å². The van der Waals surface area contributed by atoms with Crippen LogP contribution in [0.3, 0.4) is 0 Å². The quantitative estimate of drug-likeness (QED) is 0.788. The highest BCUT2D eigenvalue weighted by Crippen LogP contribution is 2.35. The van der Waals surface area contributed by atoms with Gasteiger partial charge in [0.1, 0.15) is 5.75 Å². The molecule has 2 saturated heterocycles. The summed E-state index contributed by atoms with van der Waals surface area (Å²) in [4.78, 5) is 2.56. The van der Waals surface area contributed by atoms with Gasteiger partial charge in [0.2, 0.25) is 0 Å². The standard InChI is InChI=1S/C15H22N2O/c1-17-12-5-4-6-13(17)10-11(9-12)16-14-7-2-3-8-15(14)18/h2-3,7-8,11-13,16,18H,4-6,9-10H2,1H3/t11?,12-,13?/m1/s1. The molecule has 1 aromatic rings. The zero-order valence-electron chi connectivity index (χ0n) is 11.0. The van der Waals surface area contributed by atoms with E-state index in [1.165, 1.54) is 32.1 Å². The second-order valence-electron chi connectivity index (χ2n) is 5.73. The van der Waals surface area contributed by atoms with E-state index in [9.17, 15) is 5.11 Å². The molecule has 0 aliphatic carbocycles. The molecule has 3 nitrogen and oxygen atoms in total. The fourth-order valence-corrected chi connectivity index (χ4v) is 3.55. The SMILES string of the molecule is CN1C2CCC[C@@H]1CC(Nc1ccccc1O)C2. The molecule has 2 aliphatic rings. The number of fused-ring (bicyclic) bond motifs is 2. The van der Waals surface area contributed by atoms with E-state index < -0.39 is 0 Å². The van der Waals surface area contributed by atoms with Gasteiger partial charge in [0, 0.05) is 18.1 Å². The summed E-state index contributed by atoms with van der Waals surface area (Å²) >= 11 is 0. The van der Waals surface area contributed by atoms with E-state index in [1.54, 1.807) is 6.07 Å². The molecular weight excluding hydrogens is 224 g/mol. The molecule has 98 valence electrons. The van der Waals surface area contributed by atoms with Gasteiger partial charge in [0.05, 0.1) is 5.69 Å². The lowest BCUT2D eigenvalue weighted by Crippen LogP contribution is -2.52. The first-order valence-electron chi connectivity index (χ1n) is 7.00. The summed E-state index contributed by atoms with van der Waals surface area (Å²) in [5.74, 6) is 0.363. The first-order chi connectivity index (χ1) is 8.74. The molecule has 0 saturated carbocycles. The van der Waals surface area contributed by atoms with Crippen molar-refractivity contribution in [3.63, 3.8) is 0 Å². The van der Waals surface area contributed by atoms with Gasteiger partial charge >= 0.3 is 0 Å². The number of hydrogen-bond acceptors (Lipinski definition) is 3. The second-order valence-corrected chi connectivity index (χ2v) is 5.73. The van der Waals surface area contributed by atoms with Crippen LogP contribution in [0, 0.1) is 0 Å². The smallest absolute Gasteiger partial charge is 0.138 e. The summed E-state index contributed by atoms with van der Waals surface area (Å²) in [6, 6.07) is 9.50. The number of aromatic hydroxyl groups is 1. The van der Waals surface area contributed by atoms with Gasteiger partial charge in [0.15, 0.2) is 0 Å². The molecular formula is C15H22N2O. The van der Waals surface area contributed by atoms with E-state index in [0.717, 1.165) is 17.8 Å². The fraction of sp³-hybridized carbons (Fsp3) is 0.600. The first kappa shape index (κ1) is 11.8. The van der Waals surface area contributed by atoms with Gasteiger partial charge in [-0.1, -0.05) is 18.6 Å². The Morgan fingerprint density at radius 2 is 1.83 bits per heavy atom. The van der Waals surface area contributed by atoms with E-state index in [2.05, 4.69) is 17.3 Å². The lowest BCUT2D eigenvalue weighted by Gasteiger charge is -2.47. The number of phenolic OH excluding ortho intramolecular Hbond substituents is 1. The summed E-state index contributed by atoms with van der Waals surface area (Å²) in [5.41, 5.74) is 0.880. The molecule has 0 amide bonds. The Bertz CT molecular complexity index is 407. The minimum absolute atomic E-state index is 0.363. The summed E-state index contributed by atoms with van der Waals surface area (Å²) in [6.07, 6.45) is 6.42. The molecule has 0 spiro atoms. The van der Waals surface area contributed by atoms with Gasteiger partial charge in [-0.3, -0.25) is 0 Å². The van der Waals surface area contributed by atoms with Crippen LogP contribution in [0.5, 0.6) is 5.75 Å². The molecule has 2 bridgehead atoms. The van der Waals surface area contributed by atoms with E-state index in [0.29, 0.717) is 11.8 Å². The van der Waals surface area contributed by atoms with E-state index in [4.69, 9.17) is 0 Å². The number of hydrogen-bond donors (Lipinski definition) is 2. The Morgan fingerprint density at radius 3 is 2.50 bits per heavy atom. The van der Waals surface area contributed by atoms with Crippen molar-refractivity contribution in [3.8, 4) is 5.75 Å². The van der Waals surface area contributed by atoms with Crippen LogP contribution in [-0.4, -0.2) is 35.2 Å². The predicted octanol–water partition coefficient (Wildman–Crippen LogP) is 2.82. The molecule has 3 heteroatoms. The van der Waals surface area contributed by atoms with Crippen molar-refractivity contribution >= 4 is 5.69 Å². The van der Waals surface area contributed by atoms with Gasteiger partial charge in [-0.25, -0.2) is 0 Å². The number of para-hydroxylation sites is 2.